The average Bonchev–Trinajstić information content (AvgIpc) is 3.70. The topological polar surface area (TPSA) is 169 Å². The van der Waals surface area contributed by atoms with Gasteiger partial charge in [0.1, 0.15) is 23.5 Å². The Morgan fingerprint density at radius 1 is 1.07 bits per heavy atom. The first kappa shape index (κ1) is 30.8. The van der Waals surface area contributed by atoms with Crippen molar-refractivity contribution < 1.29 is 14.4 Å². The lowest BCUT2D eigenvalue weighted by molar-refractivity contribution is -0.132. The average molecular weight is 604 g/mol. The van der Waals surface area contributed by atoms with Crippen LogP contribution >= 0.6 is 0 Å². The van der Waals surface area contributed by atoms with Gasteiger partial charge in [0.05, 0.1) is 19.1 Å². The van der Waals surface area contributed by atoms with Crippen molar-refractivity contribution in [2.75, 3.05) is 13.1 Å². The number of aryl methyl sites for hydroxylation is 3. The number of H-pyrrole nitrogens is 1. The Balaban J connectivity index is 1.41. The fourth-order valence-electron chi connectivity index (χ4n) is 5.69. The van der Waals surface area contributed by atoms with E-state index < -0.39 is 12.1 Å². The molecular weight excluding hydrogens is 562 g/mol. The number of carbonyl (C=O) groups excluding carboxylic acids is 3. The zero-order valence-electron chi connectivity index (χ0n) is 25.8. The quantitative estimate of drug-likeness (QED) is 0.288. The van der Waals surface area contributed by atoms with Crippen LogP contribution in [0, 0.1) is 19.8 Å². The molecule has 1 aliphatic rings. The van der Waals surface area contributed by atoms with Crippen molar-refractivity contribution in [3.63, 3.8) is 0 Å². The number of nitrogens with one attached hydrogen (secondary N) is 3. The van der Waals surface area contributed by atoms with E-state index in [1.54, 1.807) is 21.2 Å². The first-order valence-electron chi connectivity index (χ1n) is 15.2. The molecule has 3 aromatic heterocycles. The molecule has 4 aromatic rings. The fourth-order valence-corrected chi connectivity index (χ4v) is 5.69. The summed E-state index contributed by atoms with van der Waals surface area (Å²) in [5, 5.41) is 23.3. The number of carbonyl (C=O) groups is 3. The van der Waals surface area contributed by atoms with Gasteiger partial charge < -0.3 is 20.5 Å². The fraction of sp³-hybridized carbons (Fsp3) is 0.533. The minimum atomic E-state index is -0.797. The lowest BCUT2D eigenvalue weighted by Gasteiger charge is -2.27. The summed E-state index contributed by atoms with van der Waals surface area (Å²) < 4.78 is 3.40. The van der Waals surface area contributed by atoms with Crippen LogP contribution in [0.25, 0.3) is 10.9 Å². The van der Waals surface area contributed by atoms with Gasteiger partial charge in [-0.1, -0.05) is 32.0 Å². The number of aromatic nitrogens is 8. The van der Waals surface area contributed by atoms with Crippen molar-refractivity contribution in [2.45, 2.75) is 85.0 Å². The molecule has 44 heavy (non-hydrogen) atoms. The van der Waals surface area contributed by atoms with Gasteiger partial charge in [-0.3, -0.25) is 14.4 Å². The molecule has 5 rings (SSSR count). The first-order valence-corrected chi connectivity index (χ1v) is 15.2. The van der Waals surface area contributed by atoms with Crippen molar-refractivity contribution >= 4 is 28.6 Å². The third kappa shape index (κ3) is 7.47. The summed E-state index contributed by atoms with van der Waals surface area (Å²) in [6.45, 7) is 9.32. The van der Waals surface area contributed by atoms with Gasteiger partial charge >= 0.3 is 0 Å². The molecule has 0 saturated carbocycles. The van der Waals surface area contributed by atoms with Crippen LogP contribution in [0.1, 0.15) is 68.6 Å². The molecule has 3 amide bonds. The zero-order valence-corrected chi connectivity index (χ0v) is 25.8. The number of fused-ring (bicyclic) bond motifs is 2. The normalized spacial score (nSPS) is 18.6. The summed E-state index contributed by atoms with van der Waals surface area (Å²) in [6.07, 6.45) is 3.69. The van der Waals surface area contributed by atoms with Gasteiger partial charge in [-0.15, -0.1) is 5.10 Å². The van der Waals surface area contributed by atoms with Gasteiger partial charge in [0.15, 0.2) is 0 Å². The number of nitrogens with zero attached hydrogens (tertiary/aromatic N) is 8. The molecule has 1 aliphatic heterocycles. The Labute approximate surface area is 256 Å². The van der Waals surface area contributed by atoms with Crippen LogP contribution in [0.2, 0.25) is 0 Å². The van der Waals surface area contributed by atoms with Crippen molar-refractivity contribution in [3.05, 3.63) is 53.5 Å². The molecule has 0 aliphatic carbocycles. The van der Waals surface area contributed by atoms with E-state index in [1.165, 1.54) is 0 Å². The third-order valence-corrected chi connectivity index (χ3v) is 7.91. The van der Waals surface area contributed by atoms with Crippen LogP contribution in [0.4, 0.5) is 0 Å². The Kier molecular flexibility index (Phi) is 9.65. The summed E-state index contributed by atoms with van der Waals surface area (Å²) in [7, 11) is 0. The largest absolute Gasteiger partial charge is 0.361 e. The van der Waals surface area contributed by atoms with E-state index in [-0.39, 0.29) is 36.5 Å². The molecule has 4 heterocycles. The second kappa shape index (κ2) is 13.8. The lowest BCUT2D eigenvalue weighted by atomic mass is 10.0. The Morgan fingerprint density at radius 3 is 2.66 bits per heavy atom. The van der Waals surface area contributed by atoms with Crippen LogP contribution in [0.3, 0.4) is 0 Å². The van der Waals surface area contributed by atoms with E-state index in [1.807, 2.05) is 37.4 Å². The highest BCUT2D eigenvalue weighted by Gasteiger charge is 2.29. The van der Waals surface area contributed by atoms with E-state index in [0.29, 0.717) is 62.9 Å². The van der Waals surface area contributed by atoms with Crippen molar-refractivity contribution in [3.8, 4) is 0 Å². The van der Waals surface area contributed by atoms with E-state index in [2.05, 4.69) is 50.1 Å². The SMILES string of the molecule is Cc1nc2n(n1)CCN(C(=O)CCn1nnnc1C)CCCC(=O)N[C@H](Cc1c[nH]c3ccccc13)C(=O)N[C@H]2CC(C)C. The highest BCUT2D eigenvalue weighted by molar-refractivity contribution is 5.89. The van der Waals surface area contributed by atoms with E-state index in [9.17, 15) is 14.4 Å². The van der Waals surface area contributed by atoms with Crippen molar-refractivity contribution in [2.24, 2.45) is 5.92 Å². The molecule has 0 saturated heterocycles. The molecule has 14 nitrogen and oxygen atoms in total. The molecule has 2 atom stereocenters. The molecule has 0 bridgehead atoms. The molecule has 1 aromatic carbocycles. The maximum Gasteiger partial charge on any atom is 0.243 e. The van der Waals surface area contributed by atoms with Crippen LogP contribution in [0.15, 0.2) is 30.5 Å². The van der Waals surface area contributed by atoms with Crippen molar-refractivity contribution in [1.82, 2.24) is 55.5 Å². The maximum atomic E-state index is 13.9. The van der Waals surface area contributed by atoms with Crippen LogP contribution in [0.5, 0.6) is 0 Å². The lowest BCUT2D eigenvalue weighted by Crippen LogP contribution is -2.49. The van der Waals surface area contributed by atoms with E-state index in [4.69, 9.17) is 4.98 Å². The number of hydrogen-bond acceptors (Lipinski definition) is 8. The number of aromatic amines is 1. The predicted molar refractivity (Wildman–Crippen MR) is 162 cm³/mol. The maximum absolute atomic E-state index is 13.9. The van der Waals surface area contributed by atoms with Gasteiger partial charge in [0.2, 0.25) is 17.7 Å². The smallest absolute Gasteiger partial charge is 0.243 e. The number of hydrogen-bond donors (Lipinski definition) is 3. The second-order valence-corrected chi connectivity index (χ2v) is 11.8. The standard InChI is InChI=1S/C30H41N11O3/c1-19(2)16-25-29-32-20(3)36-41(29)15-14-39(28(43)11-13-40-21(4)35-37-38-40)12-7-10-27(42)33-26(30(44)34-25)17-22-18-31-24-9-6-5-8-23(22)24/h5-6,8-9,18-19,25-26,31H,7,10-17H2,1-4H3,(H,33,42)(H,34,44)/t25-,26+/m0/s1. The molecule has 0 unspecified atom stereocenters. The molecule has 0 fully saturated rings. The summed E-state index contributed by atoms with van der Waals surface area (Å²) in [6, 6.07) is 6.67. The molecular formula is C30H41N11O3. The van der Waals surface area contributed by atoms with E-state index in [0.717, 1.165) is 16.5 Å². The minimum Gasteiger partial charge on any atom is -0.361 e. The van der Waals surface area contributed by atoms with Gasteiger partial charge in [-0.25, -0.2) is 14.3 Å². The van der Waals surface area contributed by atoms with Gasteiger partial charge in [0, 0.05) is 49.5 Å². The highest BCUT2D eigenvalue weighted by Crippen LogP contribution is 2.23. The first-order chi connectivity index (χ1) is 21.2. The van der Waals surface area contributed by atoms with Gasteiger partial charge in [-0.05, 0) is 54.7 Å². The second-order valence-electron chi connectivity index (χ2n) is 11.8. The number of para-hydroxylation sites is 1. The number of tetrazole rings is 1. The minimum absolute atomic E-state index is 0.0602. The number of amides is 3. The molecule has 0 radical (unpaired) electrons. The Bertz CT molecular complexity index is 1600. The highest BCUT2D eigenvalue weighted by atomic mass is 16.2. The van der Waals surface area contributed by atoms with Gasteiger partial charge in [-0.2, -0.15) is 5.10 Å². The van der Waals surface area contributed by atoms with Crippen LogP contribution in [-0.2, 0) is 33.9 Å². The monoisotopic (exact) mass is 603 g/mol. The Morgan fingerprint density at radius 2 is 1.89 bits per heavy atom. The summed E-state index contributed by atoms with van der Waals surface area (Å²) in [5.74, 6) is 1.54. The third-order valence-electron chi connectivity index (χ3n) is 7.91. The molecule has 0 spiro atoms. The predicted octanol–water partition coefficient (Wildman–Crippen LogP) is 2.01. The Hall–Kier alpha value is -4.62. The van der Waals surface area contributed by atoms with Gasteiger partial charge in [0.25, 0.3) is 0 Å². The zero-order chi connectivity index (χ0) is 31.2. The van der Waals surface area contributed by atoms with Crippen LogP contribution in [-0.4, -0.2) is 81.7 Å². The molecule has 3 N–H and O–H groups in total. The number of rotatable bonds is 7. The summed E-state index contributed by atoms with van der Waals surface area (Å²) >= 11 is 0. The summed E-state index contributed by atoms with van der Waals surface area (Å²) in [5.41, 5.74) is 1.91. The number of benzene rings is 1. The van der Waals surface area contributed by atoms with Crippen molar-refractivity contribution in [1.29, 1.82) is 0 Å². The molecule has 234 valence electrons. The summed E-state index contributed by atoms with van der Waals surface area (Å²) in [4.78, 5) is 50.2. The molecule has 14 heteroatoms. The van der Waals surface area contributed by atoms with Crippen LogP contribution < -0.4 is 10.6 Å². The van der Waals surface area contributed by atoms with E-state index >= 15 is 0 Å².